The Morgan fingerprint density at radius 2 is 2.18 bits per heavy atom. The van der Waals surface area contributed by atoms with Crippen molar-refractivity contribution in [3.63, 3.8) is 0 Å². The number of hydrogen-bond acceptors (Lipinski definition) is 8. The summed E-state index contributed by atoms with van der Waals surface area (Å²) in [5, 5.41) is 3.46. The molecule has 0 bridgehead atoms. The number of hydrogen-bond donors (Lipinski definition) is 2. The molecule has 2 aromatic rings. The number of ether oxygens (including phenoxy) is 1. The van der Waals surface area contributed by atoms with E-state index in [1.54, 1.807) is 6.20 Å². The molecule has 1 unspecified atom stereocenters. The van der Waals surface area contributed by atoms with E-state index in [0.717, 1.165) is 54.8 Å². The number of terminal acetylenes is 1. The van der Waals surface area contributed by atoms with Gasteiger partial charge in [0.15, 0.2) is 0 Å². The highest BCUT2D eigenvalue weighted by Gasteiger charge is 2.40. The van der Waals surface area contributed by atoms with Crippen molar-refractivity contribution in [2.45, 2.75) is 42.5 Å². The zero-order chi connectivity index (χ0) is 23.7. The number of primary amides is 1. The fourth-order valence-corrected chi connectivity index (χ4v) is 5.84. The molecule has 1 atom stereocenters. The van der Waals surface area contributed by atoms with Crippen LogP contribution in [-0.2, 0) is 22.0 Å². The Hall–Kier alpha value is -3.45. The summed E-state index contributed by atoms with van der Waals surface area (Å²) in [7, 11) is -1.15. The maximum atomic E-state index is 12.7. The van der Waals surface area contributed by atoms with Gasteiger partial charge >= 0.3 is 6.09 Å². The second-order valence-corrected chi connectivity index (χ2v) is 10.3. The van der Waals surface area contributed by atoms with Crippen LogP contribution >= 0.6 is 0 Å². The fraction of sp³-hybridized carbons (Fsp3) is 0.417. The summed E-state index contributed by atoms with van der Waals surface area (Å²) in [5.74, 6) is 4.31. The van der Waals surface area contributed by atoms with Crippen molar-refractivity contribution in [1.82, 2.24) is 15.0 Å². The molecular formula is C24H26N6O3S. The summed E-state index contributed by atoms with van der Waals surface area (Å²) in [4.78, 5) is 28.0. The van der Waals surface area contributed by atoms with Crippen LogP contribution in [0.1, 0.15) is 42.6 Å². The first kappa shape index (κ1) is 22.3. The number of nitrogens with zero attached hydrogens (tertiary/aromatic N) is 4. The summed E-state index contributed by atoms with van der Waals surface area (Å²) >= 11 is 0. The molecule has 0 saturated heterocycles. The zero-order valence-electron chi connectivity index (χ0n) is 18.7. The quantitative estimate of drug-likeness (QED) is 0.606. The number of amides is 1. The summed E-state index contributed by atoms with van der Waals surface area (Å²) in [5.41, 5.74) is 8.41. The zero-order valence-corrected chi connectivity index (χ0v) is 19.6. The Labute approximate surface area is 200 Å². The average molecular weight is 479 g/mol. The standard InChI is InChI=1S/C24H26N6O3S/c1-2-16-4-5-18(26-14-16)17-6-11-30(12-7-17)23-27-19-8-13-34(32)20(19)21(28-23)29-24(9-3-10-24)15-33-22(25)31/h1,4-6,14H,3,7-13,15H2,(H2,25,31)(H,27,28,29). The van der Waals surface area contributed by atoms with E-state index in [1.165, 1.54) is 0 Å². The highest BCUT2D eigenvalue weighted by atomic mass is 32.2. The third kappa shape index (κ3) is 4.35. The van der Waals surface area contributed by atoms with Crippen molar-refractivity contribution >= 4 is 34.2 Å². The lowest BCUT2D eigenvalue weighted by molar-refractivity contribution is 0.101. The predicted octanol–water partition coefficient (Wildman–Crippen LogP) is 2.24. The van der Waals surface area contributed by atoms with Crippen molar-refractivity contribution in [2.75, 3.05) is 35.7 Å². The number of aryl methyl sites for hydroxylation is 1. The van der Waals surface area contributed by atoms with E-state index < -0.39 is 22.4 Å². The van der Waals surface area contributed by atoms with Crippen LogP contribution in [0.25, 0.3) is 5.57 Å². The van der Waals surface area contributed by atoms with Crippen LogP contribution in [0, 0.1) is 12.3 Å². The Balaban J connectivity index is 1.39. The van der Waals surface area contributed by atoms with E-state index in [-0.39, 0.29) is 6.61 Å². The van der Waals surface area contributed by atoms with Crippen molar-refractivity contribution < 1.29 is 13.7 Å². The van der Waals surface area contributed by atoms with Gasteiger partial charge in [0.05, 0.1) is 27.7 Å². The monoisotopic (exact) mass is 478 g/mol. The third-order valence-corrected chi connectivity index (χ3v) is 8.07. The van der Waals surface area contributed by atoms with E-state index in [4.69, 9.17) is 26.9 Å². The molecule has 2 aromatic heterocycles. The number of aromatic nitrogens is 3. The SMILES string of the molecule is C#Cc1ccc(C2=CCN(c3nc4c(c(NC5(COC(N)=O)CCC5)n3)S(=O)CC4)CC2)nc1. The topological polar surface area (TPSA) is 123 Å². The minimum atomic E-state index is -1.15. The lowest BCUT2D eigenvalue weighted by Gasteiger charge is -2.42. The van der Waals surface area contributed by atoms with E-state index in [9.17, 15) is 9.00 Å². The number of rotatable bonds is 6. The van der Waals surface area contributed by atoms with Crippen molar-refractivity contribution in [2.24, 2.45) is 5.73 Å². The molecular weight excluding hydrogens is 452 g/mol. The fourth-order valence-electron chi connectivity index (χ4n) is 4.53. The van der Waals surface area contributed by atoms with Crippen LogP contribution in [0.15, 0.2) is 29.3 Å². The van der Waals surface area contributed by atoms with Crippen LogP contribution in [-0.4, -0.2) is 56.2 Å². The van der Waals surface area contributed by atoms with Crippen LogP contribution in [0.3, 0.4) is 0 Å². The highest BCUT2D eigenvalue weighted by molar-refractivity contribution is 7.85. The number of carbonyl (C=O) groups excluding carboxylic acids is 1. The smallest absolute Gasteiger partial charge is 0.404 e. The molecule has 34 heavy (non-hydrogen) atoms. The molecule has 176 valence electrons. The molecule has 1 saturated carbocycles. The van der Waals surface area contributed by atoms with Gasteiger partial charge in [0.1, 0.15) is 17.3 Å². The molecule has 0 spiro atoms. The number of nitrogens with two attached hydrogens (primary N) is 1. The van der Waals surface area contributed by atoms with E-state index in [1.807, 2.05) is 12.1 Å². The van der Waals surface area contributed by atoms with Crippen LogP contribution < -0.4 is 16.0 Å². The van der Waals surface area contributed by atoms with Gasteiger partial charge in [-0.1, -0.05) is 12.0 Å². The summed E-state index contributed by atoms with van der Waals surface area (Å²) < 4.78 is 17.8. The third-order valence-electron chi connectivity index (χ3n) is 6.61. The normalized spacial score (nSPS) is 20.5. The average Bonchev–Trinajstić information content (AvgIpc) is 3.21. The summed E-state index contributed by atoms with van der Waals surface area (Å²) in [6.45, 7) is 1.54. The number of anilines is 2. The lowest BCUT2D eigenvalue weighted by atomic mass is 9.77. The minimum absolute atomic E-state index is 0.157. The Bertz CT molecular complexity index is 1220. The Kier molecular flexibility index (Phi) is 5.96. The maximum absolute atomic E-state index is 12.7. The molecule has 3 N–H and O–H groups in total. The molecule has 9 nitrogen and oxygen atoms in total. The van der Waals surface area contributed by atoms with Gasteiger partial charge in [0.25, 0.3) is 0 Å². The van der Waals surface area contributed by atoms with E-state index in [0.29, 0.717) is 35.4 Å². The minimum Gasteiger partial charge on any atom is -0.447 e. The first-order valence-electron chi connectivity index (χ1n) is 11.3. The lowest BCUT2D eigenvalue weighted by Crippen LogP contribution is -2.50. The molecule has 1 amide bonds. The molecule has 4 heterocycles. The van der Waals surface area contributed by atoms with Crippen molar-refractivity contribution in [3.8, 4) is 12.3 Å². The van der Waals surface area contributed by atoms with Gasteiger partial charge in [0, 0.05) is 37.0 Å². The Morgan fingerprint density at radius 1 is 1.32 bits per heavy atom. The van der Waals surface area contributed by atoms with Crippen LogP contribution in [0.2, 0.25) is 0 Å². The predicted molar refractivity (Wildman–Crippen MR) is 130 cm³/mol. The largest absolute Gasteiger partial charge is 0.447 e. The number of carbonyl (C=O) groups is 1. The van der Waals surface area contributed by atoms with Crippen molar-refractivity contribution in [1.29, 1.82) is 0 Å². The van der Waals surface area contributed by atoms with Gasteiger partial charge in [-0.2, -0.15) is 4.98 Å². The second-order valence-electron chi connectivity index (χ2n) is 8.82. The van der Waals surface area contributed by atoms with E-state index in [2.05, 4.69) is 27.2 Å². The van der Waals surface area contributed by atoms with Crippen LogP contribution in [0.5, 0.6) is 0 Å². The van der Waals surface area contributed by atoms with Gasteiger partial charge in [-0.3, -0.25) is 9.19 Å². The highest BCUT2D eigenvalue weighted by Crippen LogP contribution is 2.39. The first-order chi connectivity index (χ1) is 16.5. The van der Waals surface area contributed by atoms with Gasteiger partial charge < -0.3 is 20.7 Å². The van der Waals surface area contributed by atoms with Crippen LogP contribution in [0.4, 0.5) is 16.6 Å². The van der Waals surface area contributed by atoms with Gasteiger partial charge in [-0.05, 0) is 43.4 Å². The molecule has 10 heteroatoms. The number of fused-ring (bicyclic) bond motifs is 1. The number of pyridine rings is 1. The summed E-state index contributed by atoms with van der Waals surface area (Å²) in [6, 6.07) is 3.85. The molecule has 0 radical (unpaired) electrons. The first-order valence-corrected chi connectivity index (χ1v) is 12.6. The van der Waals surface area contributed by atoms with Crippen molar-refractivity contribution in [3.05, 3.63) is 41.4 Å². The second kappa shape index (κ2) is 9.06. The van der Waals surface area contributed by atoms with Gasteiger partial charge in [-0.25, -0.2) is 9.78 Å². The molecule has 5 rings (SSSR count). The molecule has 2 aliphatic heterocycles. The number of nitrogens with one attached hydrogen (secondary N) is 1. The maximum Gasteiger partial charge on any atom is 0.404 e. The summed E-state index contributed by atoms with van der Waals surface area (Å²) in [6.07, 6.45) is 12.6. The molecule has 3 aliphatic rings. The van der Waals surface area contributed by atoms with E-state index >= 15 is 0 Å². The van der Waals surface area contributed by atoms with Gasteiger partial charge in [-0.15, -0.1) is 6.42 Å². The molecule has 0 aromatic carbocycles. The van der Waals surface area contributed by atoms with Gasteiger partial charge in [0.2, 0.25) is 5.95 Å². The Morgan fingerprint density at radius 3 is 2.79 bits per heavy atom. The molecule has 1 fully saturated rings. The molecule has 1 aliphatic carbocycles.